The van der Waals surface area contributed by atoms with Gasteiger partial charge in [0.05, 0.1) is 17.0 Å². The Morgan fingerprint density at radius 1 is 1.10 bits per heavy atom. The van der Waals surface area contributed by atoms with Crippen molar-refractivity contribution in [2.75, 3.05) is 0 Å². The Hall–Kier alpha value is -2.73. The second-order valence-electron chi connectivity index (χ2n) is 14.0. The molecule has 2 aliphatic rings. The van der Waals surface area contributed by atoms with Gasteiger partial charge in [-0.15, -0.1) is 0 Å². The van der Waals surface area contributed by atoms with Gasteiger partial charge in [0, 0.05) is 22.7 Å². The molecular weight excluding hydrogens is 502 g/mol. The van der Waals surface area contributed by atoms with Crippen molar-refractivity contribution >= 4 is 20.1 Å². The number of ketones is 1. The fraction of sp³-hybridized carbons (Fsp3) is 0.545. The van der Waals surface area contributed by atoms with E-state index in [1.54, 1.807) is 12.1 Å². The fourth-order valence-electron chi connectivity index (χ4n) is 5.62. The van der Waals surface area contributed by atoms with Crippen molar-refractivity contribution in [3.8, 4) is 0 Å². The second-order valence-corrected chi connectivity index (χ2v) is 18.7. The van der Waals surface area contributed by atoms with Gasteiger partial charge in [0.2, 0.25) is 8.32 Å². The van der Waals surface area contributed by atoms with Gasteiger partial charge in [-0.3, -0.25) is 9.78 Å². The summed E-state index contributed by atoms with van der Waals surface area (Å²) >= 11 is 0. The molecular formula is C33H45NO4Si. The summed E-state index contributed by atoms with van der Waals surface area (Å²) in [5, 5.41) is 9.44. The molecule has 0 fully saturated rings. The average Bonchev–Trinajstić information content (AvgIpc) is 3.28. The zero-order valence-electron chi connectivity index (χ0n) is 25.2. The van der Waals surface area contributed by atoms with Crippen LogP contribution in [0.25, 0.3) is 0 Å². The van der Waals surface area contributed by atoms with Gasteiger partial charge in [-0.1, -0.05) is 60.6 Å². The lowest BCUT2D eigenvalue weighted by Crippen LogP contribution is -2.41. The average molecular weight is 548 g/mol. The number of benzene rings is 1. The first kappa shape index (κ1) is 29.3. The smallest absolute Gasteiger partial charge is 0.335 e. The van der Waals surface area contributed by atoms with Gasteiger partial charge in [-0.2, -0.15) is 0 Å². The third-order valence-corrected chi connectivity index (χ3v) is 13.4. The van der Waals surface area contributed by atoms with Crippen LogP contribution in [-0.2, 0) is 17.3 Å². The number of rotatable bonds is 7. The molecule has 0 spiro atoms. The number of aromatic nitrogens is 1. The molecule has 0 bridgehead atoms. The molecule has 1 aromatic carbocycles. The number of hydrogen-bond donors (Lipinski definition) is 1. The lowest BCUT2D eigenvalue weighted by molar-refractivity contribution is 0.0696. The van der Waals surface area contributed by atoms with Gasteiger partial charge in [0.25, 0.3) is 0 Å². The molecule has 0 aliphatic heterocycles. The number of carboxylic acid groups (broad SMARTS) is 1. The molecule has 5 nitrogen and oxygen atoms in total. The Labute approximate surface area is 235 Å². The van der Waals surface area contributed by atoms with E-state index in [4.69, 9.17) is 9.41 Å². The Morgan fingerprint density at radius 2 is 1.72 bits per heavy atom. The number of fused-ring (bicyclic) bond motifs is 1. The molecule has 1 N–H and O–H groups in total. The summed E-state index contributed by atoms with van der Waals surface area (Å²) in [7, 11) is -2.09. The van der Waals surface area contributed by atoms with Crippen molar-refractivity contribution in [2.45, 2.75) is 111 Å². The minimum absolute atomic E-state index is 0.0202. The molecule has 0 radical (unpaired) electrons. The van der Waals surface area contributed by atoms with E-state index in [2.05, 4.69) is 67.6 Å². The lowest BCUT2D eigenvalue weighted by Gasteiger charge is -2.39. The summed E-state index contributed by atoms with van der Waals surface area (Å²) in [6.07, 6.45) is 6.92. The number of aromatic carboxylic acids is 1. The van der Waals surface area contributed by atoms with Gasteiger partial charge in [0.15, 0.2) is 5.78 Å². The van der Waals surface area contributed by atoms with E-state index in [0.29, 0.717) is 11.1 Å². The van der Waals surface area contributed by atoms with Crippen molar-refractivity contribution in [3.63, 3.8) is 0 Å². The molecule has 1 aromatic heterocycles. The van der Waals surface area contributed by atoms with Crippen LogP contribution in [0, 0.1) is 5.41 Å². The SMILES string of the molecule is CC(C)c1nc2c(c(C3CCC=C3O[Si](C)(C)C(C)(C)C)c1C(=O)c1ccc(C(=O)O)cc1)CCC(C)(C)C2. The van der Waals surface area contributed by atoms with Crippen molar-refractivity contribution in [1.82, 2.24) is 4.98 Å². The van der Waals surface area contributed by atoms with E-state index in [9.17, 15) is 14.7 Å². The largest absolute Gasteiger partial charge is 0.546 e. The normalized spacial score (nSPS) is 19.0. The zero-order valence-corrected chi connectivity index (χ0v) is 26.2. The van der Waals surface area contributed by atoms with Gasteiger partial charge in [0.1, 0.15) is 0 Å². The van der Waals surface area contributed by atoms with E-state index in [1.165, 1.54) is 17.7 Å². The number of allylic oxidation sites excluding steroid dienone is 2. The maximum absolute atomic E-state index is 14.4. The van der Waals surface area contributed by atoms with Crippen LogP contribution in [0.5, 0.6) is 0 Å². The topological polar surface area (TPSA) is 76.5 Å². The molecule has 39 heavy (non-hydrogen) atoms. The first-order valence-corrected chi connectivity index (χ1v) is 17.3. The molecule has 2 aliphatic carbocycles. The van der Waals surface area contributed by atoms with Gasteiger partial charge < -0.3 is 9.53 Å². The third kappa shape index (κ3) is 5.77. The number of carbonyl (C=O) groups is 2. The van der Waals surface area contributed by atoms with Crippen LogP contribution in [0.3, 0.4) is 0 Å². The number of carboxylic acids is 1. The van der Waals surface area contributed by atoms with Gasteiger partial charge in [-0.25, -0.2) is 4.79 Å². The number of hydrogen-bond acceptors (Lipinski definition) is 4. The monoisotopic (exact) mass is 547 g/mol. The molecule has 6 heteroatoms. The number of pyridine rings is 1. The minimum Gasteiger partial charge on any atom is -0.546 e. The van der Waals surface area contributed by atoms with Crippen LogP contribution in [0.15, 0.2) is 36.1 Å². The van der Waals surface area contributed by atoms with Crippen LogP contribution in [0.4, 0.5) is 0 Å². The summed E-state index contributed by atoms with van der Waals surface area (Å²) in [5.41, 5.74) is 5.82. The van der Waals surface area contributed by atoms with Crippen LogP contribution in [0.1, 0.15) is 128 Å². The number of nitrogens with zero attached hydrogens (tertiary/aromatic N) is 1. The predicted molar refractivity (Wildman–Crippen MR) is 159 cm³/mol. The first-order chi connectivity index (χ1) is 18.0. The zero-order chi connectivity index (χ0) is 28.9. The van der Waals surface area contributed by atoms with Gasteiger partial charge >= 0.3 is 5.97 Å². The summed E-state index contributed by atoms with van der Waals surface area (Å²) in [5.74, 6) is 0.0200. The number of carbonyl (C=O) groups excluding carboxylic acids is 1. The van der Waals surface area contributed by atoms with Crippen molar-refractivity contribution in [2.24, 2.45) is 5.41 Å². The van der Waals surface area contributed by atoms with E-state index in [-0.39, 0.29) is 33.6 Å². The van der Waals surface area contributed by atoms with Crippen LogP contribution in [-0.4, -0.2) is 30.2 Å². The fourth-order valence-corrected chi connectivity index (χ4v) is 6.74. The highest BCUT2D eigenvalue weighted by atomic mass is 28.4. The highest BCUT2D eigenvalue weighted by Crippen LogP contribution is 2.48. The van der Waals surface area contributed by atoms with Crippen LogP contribution in [0.2, 0.25) is 18.1 Å². The molecule has 1 heterocycles. The summed E-state index contributed by atoms with van der Waals surface area (Å²) in [4.78, 5) is 31.0. The second kappa shape index (κ2) is 10.3. The molecule has 1 unspecified atom stereocenters. The Balaban J connectivity index is 1.93. The molecule has 210 valence electrons. The minimum atomic E-state index is -2.09. The van der Waals surface area contributed by atoms with E-state index in [0.717, 1.165) is 54.8 Å². The van der Waals surface area contributed by atoms with E-state index >= 15 is 0 Å². The highest BCUT2D eigenvalue weighted by Gasteiger charge is 2.43. The van der Waals surface area contributed by atoms with Crippen LogP contribution >= 0.6 is 0 Å². The third-order valence-electron chi connectivity index (χ3n) is 8.99. The maximum atomic E-state index is 14.4. The molecule has 0 amide bonds. The molecule has 4 rings (SSSR count). The molecule has 0 saturated heterocycles. The Kier molecular flexibility index (Phi) is 7.76. The summed E-state index contributed by atoms with van der Waals surface area (Å²) in [6, 6.07) is 6.31. The van der Waals surface area contributed by atoms with Crippen molar-refractivity contribution in [1.29, 1.82) is 0 Å². The summed E-state index contributed by atoms with van der Waals surface area (Å²) in [6.45, 7) is 20.1. The quantitative estimate of drug-likeness (QED) is 0.278. The van der Waals surface area contributed by atoms with Gasteiger partial charge in [-0.05, 0) is 90.9 Å². The maximum Gasteiger partial charge on any atom is 0.335 e. The highest BCUT2D eigenvalue weighted by molar-refractivity contribution is 6.74. The standard InChI is InChI=1S/C33H45NO4Si/c1-20(2)29-28(30(35)21-13-15-22(16-14-21)31(36)37)27(23-17-18-33(6,7)19-25(23)34-29)24-11-10-12-26(24)38-39(8,9)32(3,4)5/h12-16,20,24H,10-11,17-19H2,1-9H3,(H,36,37). The molecule has 2 aromatic rings. The molecule has 0 saturated carbocycles. The lowest BCUT2D eigenvalue weighted by atomic mass is 9.72. The van der Waals surface area contributed by atoms with Crippen molar-refractivity contribution < 1.29 is 19.1 Å². The van der Waals surface area contributed by atoms with Crippen LogP contribution < -0.4 is 0 Å². The van der Waals surface area contributed by atoms with E-state index < -0.39 is 14.3 Å². The predicted octanol–water partition coefficient (Wildman–Crippen LogP) is 8.43. The van der Waals surface area contributed by atoms with Crippen molar-refractivity contribution in [3.05, 3.63) is 75.3 Å². The van der Waals surface area contributed by atoms with E-state index in [1.807, 2.05) is 0 Å². The molecule has 1 atom stereocenters. The summed E-state index contributed by atoms with van der Waals surface area (Å²) < 4.78 is 6.95. The Morgan fingerprint density at radius 3 is 2.28 bits per heavy atom. The first-order valence-electron chi connectivity index (χ1n) is 14.3. The Bertz CT molecular complexity index is 1310.